The summed E-state index contributed by atoms with van der Waals surface area (Å²) in [7, 11) is 3.72. The van der Waals surface area contributed by atoms with Crippen molar-refractivity contribution >= 4 is 11.9 Å². The van der Waals surface area contributed by atoms with E-state index in [2.05, 4.69) is 20.3 Å². The van der Waals surface area contributed by atoms with Gasteiger partial charge in [0.2, 0.25) is 5.95 Å². The maximum absolute atomic E-state index is 12.2. The Hall–Kier alpha value is -2.50. The number of nitrogens with zero attached hydrogens (tertiary/aromatic N) is 4. The lowest BCUT2D eigenvalue weighted by Crippen LogP contribution is -2.25. The molecule has 2 heterocycles. The third-order valence-electron chi connectivity index (χ3n) is 3.19. The van der Waals surface area contributed by atoms with Gasteiger partial charge in [-0.05, 0) is 31.0 Å². The fourth-order valence-electron chi connectivity index (χ4n) is 1.86. The molecule has 0 bridgehead atoms. The second kappa shape index (κ2) is 6.30. The second-order valence-electron chi connectivity index (χ2n) is 5.05. The zero-order valence-electron chi connectivity index (χ0n) is 12.7. The van der Waals surface area contributed by atoms with Crippen LogP contribution in [0.5, 0.6) is 0 Å². The topological polar surface area (TPSA) is 71.0 Å². The van der Waals surface area contributed by atoms with Crippen LogP contribution in [0.4, 0.5) is 5.95 Å². The van der Waals surface area contributed by atoms with Crippen molar-refractivity contribution in [3.05, 3.63) is 47.0 Å². The molecule has 0 atom stereocenters. The van der Waals surface area contributed by atoms with Crippen LogP contribution in [0.15, 0.2) is 24.7 Å². The van der Waals surface area contributed by atoms with Gasteiger partial charge in [0.1, 0.15) is 0 Å². The maximum atomic E-state index is 12.2. The molecule has 1 N–H and O–H groups in total. The quantitative estimate of drug-likeness (QED) is 0.921. The van der Waals surface area contributed by atoms with E-state index >= 15 is 0 Å². The number of amides is 1. The van der Waals surface area contributed by atoms with Crippen molar-refractivity contribution in [3.63, 3.8) is 0 Å². The molecule has 0 aliphatic heterocycles. The van der Waals surface area contributed by atoms with Gasteiger partial charge in [-0.2, -0.15) is 0 Å². The third-order valence-corrected chi connectivity index (χ3v) is 3.19. The molecular weight excluding hydrogens is 266 g/mol. The van der Waals surface area contributed by atoms with Crippen molar-refractivity contribution in [3.8, 4) is 0 Å². The molecule has 2 rings (SSSR count). The Labute approximate surface area is 124 Å². The Morgan fingerprint density at radius 1 is 1.29 bits per heavy atom. The molecule has 0 unspecified atom stereocenters. The van der Waals surface area contributed by atoms with Crippen molar-refractivity contribution in [1.82, 2.24) is 20.3 Å². The fraction of sp³-hybridized carbons (Fsp3) is 0.333. The van der Waals surface area contributed by atoms with Gasteiger partial charge in [-0.25, -0.2) is 9.97 Å². The van der Waals surface area contributed by atoms with Crippen molar-refractivity contribution < 1.29 is 4.79 Å². The van der Waals surface area contributed by atoms with Gasteiger partial charge < -0.3 is 10.2 Å². The SMILES string of the molecule is Cc1cnccc1CNC(=O)c1cnc(N(C)C)nc1C. The number of nitrogens with one attached hydrogen (secondary N) is 1. The molecule has 0 saturated carbocycles. The third kappa shape index (κ3) is 3.53. The molecule has 6 nitrogen and oxygen atoms in total. The first-order chi connectivity index (χ1) is 9.99. The molecule has 0 aliphatic carbocycles. The second-order valence-corrected chi connectivity index (χ2v) is 5.05. The van der Waals surface area contributed by atoms with Gasteiger partial charge in [0.15, 0.2) is 0 Å². The number of aryl methyl sites for hydroxylation is 2. The van der Waals surface area contributed by atoms with E-state index in [1.165, 1.54) is 0 Å². The summed E-state index contributed by atoms with van der Waals surface area (Å²) in [4.78, 5) is 26.5. The van der Waals surface area contributed by atoms with E-state index in [0.29, 0.717) is 23.8 Å². The predicted octanol–water partition coefficient (Wildman–Crippen LogP) is 1.48. The van der Waals surface area contributed by atoms with Gasteiger partial charge in [-0.15, -0.1) is 0 Å². The lowest BCUT2D eigenvalue weighted by Gasteiger charge is -2.12. The summed E-state index contributed by atoms with van der Waals surface area (Å²) < 4.78 is 0. The van der Waals surface area contributed by atoms with Crippen LogP contribution in [0.1, 0.15) is 27.2 Å². The highest BCUT2D eigenvalue weighted by atomic mass is 16.1. The molecule has 6 heteroatoms. The molecular formula is C15H19N5O. The van der Waals surface area contributed by atoms with Crippen LogP contribution in [0.25, 0.3) is 0 Å². The van der Waals surface area contributed by atoms with Gasteiger partial charge in [0, 0.05) is 39.2 Å². The molecule has 2 aromatic heterocycles. The number of anilines is 1. The van der Waals surface area contributed by atoms with Crippen LogP contribution in [-0.4, -0.2) is 35.0 Å². The minimum atomic E-state index is -0.172. The molecule has 0 spiro atoms. The lowest BCUT2D eigenvalue weighted by atomic mass is 10.1. The van der Waals surface area contributed by atoms with Crippen molar-refractivity contribution in [2.75, 3.05) is 19.0 Å². The van der Waals surface area contributed by atoms with E-state index in [0.717, 1.165) is 11.1 Å². The van der Waals surface area contributed by atoms with E-state index < -0.39 is 0 Å². The summed E-state index contributed by atoms with van der Waals surface area (Å²) in [5.41, 5.74) is 3.25. The number of carbonyl (C=O) groups excluding carboxylic acids is 1. The van der Waals surface area contributed by atoms with E-state index in [9.17, 15) is 4.79 Å². The minimum Gasteiger partial charge on any atom is -0.348 e. The molecule has 21 heavy (non-hydrogen) atoms. The Bertz CT molecular complexity index is 654. The Balaban J connectivity index is 2.09. The highest BCUT2D eigenvalue weighted by Gasteiger charge is 2.12. The molecule has 0 fully saturated rings. The summed E-state index contributed by atoms with van der Waals surface area (Å²) >= 11 is 0. The number of hydrogen-bond donors (Lipinski definition) is 1. The number of carbonyl (C=O) groups is 1. The zero-order chi connectivity index (χ0) is 15.4. The number of aromatic nitrogens is 3. The van der Waals surface area contributed by atoms with Crippen LogP contribution < -0.4 is 10.2 Å². The first-order valence-corrected chi connectivity index (χ1v) is 6.67. The normalized spacial score (nSPS) is 10.3. The highest BCUT2D eigenvalue weighted by Crippen LogP contribution is 2.10. The van der Waals surface area contributed by atoms with Crippen molar-refractivity contribution in [2.45, 2.75) is 20.4 Å². The smallest absolute Gasteiger partial charge is 0.254 e. The summed E-state index contributed by atoms with van der Waals surface area (Å²) in [6.45, 7) is 4.23. The molecule has 110 valence electrons. The minimum absolute atomic E-state index is 0.172. The van der Waals surface area contributed by atoms with Crippen molar-refractivity contribution in [2.24, 2.45) is 0 Å². The number of rotatable bonds is 4. The van der Waals surface area contributed by atoms with Crippen LogP contribution in [-0.2, 0) is 6.54 Å². The van der Waals surface area contributed by atoms with E-state index in [4.69, 9.17) is 0 Å². The van der Waals surface area contributed by atoms with Crippen LogP contribution in [0.2, 0.25) is 0 Å². The molecule has 0 saturated heterocycles. The summed E-state index contributed by atoms with van der Waals surface area (Å²) in [6.07, 6.45) is 5.06. The summed E-state index contributed by atoms with van der Waals surface area (Å²) in [6, 6.07) is 1.90. The standard InChI is InChI=1S/C15H19N5O/c1-10-7-16-6-5-12(10)8-17-14(21)13-9-18-15(20(3)4)19-11(13)2/h5-7,9H,8H2,1-4H3,(H,17,21). The van der Waals surface area contributed by atoms with Gasteiger partial charge in [0.05, 0.1) is 11.3 Å². The Morgan fingerprint density at radius 3 is 2.67 bits per heavy atom. The number of hydrogen-bond acceptors (Lipinski definition) is 5. The summed E-state index contributed by atoms with van der Waals surface area (Å²) in [5, 5.41) is 2.89. The molecule has 1 amide bonds. The fourth-order valence-corrected chi connectivity index (χ4v) is 1.86. The van der Waals surface area contributed by atoms with E-state index in [1.54, 1.807) is 30.4 Å². The van der Waals surface area contributed by atoms with E-state index in [-0.39, 0.29) is 5.91 Å². The van der Waals surface area contributed by atoms with Gasteiger partial charge >= 0.3 is 0 Å². The number of pyridine rings is 1. The largest absolute Gasteiger partial charge is 0.348 e. The monoisotopic (exact) mass is 285 g/mol. The molecule has 0 radical (unpaired) electrons. The van der Waals surface area contributed by atoms with Crippen LogP contribution >= 0.6 is 0 Å². The van der Waals surface area contributed by atoms with E-state index in [1.807, 2.05) is 27.1 Å². The Kier molecular flexibility index (Phi) is 4.47. The lowest BCUT2D eigenvalue weighted by molar-refractivity contribution is 0.0949. The average molecular weight is 285 g/mol. The molecule has 2 aromatic rings. The zero-order valence-corrected chi connectivity index (χ0v) is 12.7. The maximum Gasteiger partial charge on any atom is 0.254 e. The predicted molar refractivity (Wildman–Crippen MR) is 81.2 cm³/mol. The van der Waals surface area contributed by atoms with Crippen LogP contribution in [0.3, 0.4) is 0 Å². The average Bonchev–Trinajstić information content (AvgIpc) is 2.46. The first kappa shape index (κ1) is 14.9. The highest BCUT2D eigenvalue weighted by molar-refractivity contribution is 5.94. The molecule has 0 aliphatic rings. The van der Waals surface area contributed by atoms with Crippen LogP contribution in [0, 0.1) is 13.8 Å². The first-order valence-electron chi connectivity index (χ1n) is 6.67. The van der Waals surface area contributed by atoms with Gasteiger partial charge in [-0.3, -0.25) is 9.78 Å². The van der Waals surface area contributed by atoms with Crippen molar-refractivity contribution in [1.29, 1.82) is 0 Å². The molecule has 0 aromatic carbocycles. The summed E-state index contributed by atoms with van der Waals surface area (Å²) in [5.74, 6) is 0.419. The van der Waals surface area contributed by atoms with Gasteiger partial charge in [-0.1, -0.05) is 0 Å². The van der Waals surface area contributed by atoms with Gasteiger partial charge in [0.25, 0.3) is 5.91 Å². The Morgan fingerprint density at radius 2 is 2.05 bits per heavy atom.